The highest BCUT2D eigenvalue weighted by Gasteiger charge is 2.22. The van der Waals surface area contributed by atoms with E-state index in [4.69, 9.17) is 5.26 Å². The molecule has 0 aliphatic carbocycles. The highest BCUT2D eigenvalue weighted by atomic mass is 32.2. The van der Waals surface area contributed by atoms with E-state index in [0.29, 0.717) is 17.5 Å². The monoisotopic (exact) mass is 282 g/mol. The molecule has 1 unspecified atom stereocenters. The average Bonchev–Trinajstić information content (AvgIpc) is 2.35. The van der Waals surface area contributed by atoms with Crippen molar-refractivity contribution >= 4 is 10.0 Å². The number of nitrogens with zero attached hydrogens (tertiary/aromatic N) is 2. The van der Waals surface area contributed by atoms with Crippen LogP contribution in [0.3, 0.4) is 0 Å². The van der Waals surface area contributed by atoms with Crippen molar-refractivity contribution in [2.24, 2.45) is 0 Å². The molecular formula is C13H18N2O3S. The van der Waals surface area contributed by atoms with Crippen molar-refractivity contribution in [3.63, 3.8) is 0 Å². The number of benzene rings is 1. The SMILES string of the molecule is Cc1cc(C#N)ccc1S(=O)(=O)N(C)CCC(C)O. The van der Waals surface area contributed by atoms with E-state index in [0.717, 1.165) is 0 Å². The summed E-state index contributed by atoms with van der Waals surface area (Å²) in [5, 5.41) is 18.0. The molecule has 0 radical (unpaired) electrons. The Morgan fingerprint density at radius 3 is 2.58 bits per heavy atom. The highest BCUT2D eigenvalue weighted by molar-refractivity contribution is 7.89. The minimum absolute atomic E-state index is 0.194. The van der Waals surface area contributed by atoms with Crippen LogP contribution in [0, 0.1) is 18.3 Å². The van der Waals surface area contributed by atoms with E-state index in [-0.39, 0.29) is 11.4 Å². The summed E-state index contributed by atoms with van der Waals surface area (Å²) in [4.78, 5) is 0.194. The Morgan fingerprint density at radius 2 is 2.11 bits per heavy atom. The molecule has 0 spiro atoms. The molecule has 0 fully saturated rings. The zero-order valence-electron chi connectivity index (χ0n) is 11.3. The number of sulfonamides is 1. The summed E-state index contributed by atoms with van der Waals surface area (Å²) in [5.41, 5.74) is 0.978. The van der Waals surface area contributed by atoms with E-state index < -0.39 is 16.1 Å². The van der Waals surface area contributed by atoms with Gasteiger partial charge in [-0.25, -0.2) is 12.7 Å². The molecule has 1 aromatic rings. The second-order valence-electron chi connectivity index (χ2n) is 4.56. The Kier molecular flexibility index (Phi) is 5.06. The lowest BCUT2D eigenvalue weighted by Gasteiger charge is -2.19. The fourth-order valence-corrected chi connectivity index (χ4v) is 3.05. The van der Waals surface area contributed by atoms with Crippen LogP contribution in [0.15, 0.2) is 23.1 Å². The van der Waals surface area contributed by atoms with Gasteiger partial charge in [-0.2, -0.15) is 5.26 Å². The van der Waals surface area contributed by atoms with Crippen molar-refractivity contribution in [1.29, 1.82) is 5.26 Å². The van der Waals surface area contributed by atoms with Gasteiger partial charge in [0.15, 0.2) is 0 Å². The summed E-state index contributed by atoms with van der Waals surface area (Å²) in [6.07, 6.45) is -0.162. The molecule has 0 heterocycles. The lowest BCUT2D eigenvalue weighted by atomic mass is 10.2. The maximum atomic E-state index is 12.3. The predicted molar refractivity (Wildman–Crippen MR) is 72.0 cm³/mol. The molecule has 0 bridgehead atoms. The van der Waals surface area contributed by atoms with E-state index >= 15 is 0 Å². The molecule has 1 atom stereocenters. The highest BCUT2D eigenvalue weighted by Crippen LogP contribution is 2.20. The first-order chi connectivity index (χ1) is 8.78. The Bertz CT molecular complexity index is 588. The van der Waals surface area contributed by atoms with E-state index in [1.807, 2.05) is 6.07 Å². The number of rotatable bonds is 5. The fourth-order valence-electron chi connectivity index (χ4n) is 1.67. The van der Waals surface area contributed by atoms with Gasteiger partial charge in [-0.1, -0.05) is 0 Å². The van der Waals surface area contributed by atoms with E-state index in [1.54, 1.807) is 19.9 Å². The Balaban J connectivity index is 3.04. The third-order valence-electron chi connectivity index (χ3n) is 2.85. The topological polar surface area (TPSA) is 81.4 Å². The van der Waals surface area contributed by atoms with Crippen LogP contribution in [-0.4, -0.2) is 37.5 Å². The molecule has 0 aliphatic rings. The second kappa shape index (κ2) is 6.15. The molecular weight excluding hydrogens is 264 g/mol. The second-order valence-corrected chi connectivity index (χ2v) is 6.57. The maximum absolute atomic E-state index is 12.3. The van der Waals surface area contributed by atoms with Crippen LogP contribution in [0.25, 0.3) is 0 Å². The van der Waals surface area contributed by atoms with Crippen molar-refractivity contribution in [3.05, 3.63) is 29.3 Å². The lowest BCUT2D eigenvalue weighted by Crippen LogP contribution is -2.30. The average molecular weight is 282 g/mol. The Morgan fingerprint density at radius 1 is 1.47 bits per heavy atom. The van der Waals surface area contributed by atoms with Crippen molar-refractivity contribution < 1.29 is 13.5 Å². The van der Waals surface area contributed by atoms with Crippen molar-refractivity contribution in [2.45, 2.75) is 31.3 Å². The zero-order chi connectivity index (χ0) is 14.6. The van der Waals surface area contributed by atoms with Crippen LogP contribution in [-0.2, 0) is 10.0 Å². The third-order valence-corrected chi connectivity index (χ3v) is 4.87. The summed E-state index contributed by atoms with van der Waals surface area (Å²) in [7, 11) is -2.10. The van der Waals surface area contributed by atoms with Gasteiger partial charge >= 0.3 is 0 Å². The fraction of sp³-hybridized carbons (Fsp3) is 0.462. The molecule has 6 heteroatoms. The normalized spacial score (nSPS) is 13.3. The Hall–Kier alpha value is -1.42. The first-order valence-electron chi connectivity index (χ1n) is 5.94. The zero-order valence-corrected chi connectivity index (χ0v) is 12.1. The molecule has 0 aromatic heterocycles. The number of nitriles is 1. The molecule has 0 aliphatic heterocycles. The molecule has 0 amide bonds. The summed E-state index contributed by atoms with van der Waals surface area (Å²) in [6, 6.07) is 6.46. The van der Waals surface area contributed by atoms with Gasteiger partial charge in [0.2, 0.25) is 10.0 Å². The van der Waals surface area contributed by atoms with E-state index in [9.17, 15) is 13.5 Å². The summed E-state index contributed by atoms with van der Waals surface area (Å²) in [5.74, 6) is 0. The number of aliphatic hydroxyl groups is 1. The van der Waals surface area contributed by atoms with E-state index in [1.165, 1.54) is 23.5 Å². The summed E-state index contributed by atoms with van der Waals surface area (Å²) >= 11 is 0. The van der Waals surface area contributed by atoms with Gasteiger partial charge in [-0.05, 0) is 44.0 Å². The first-order valence-corrected chi connectivity index (χ1v) is 7.38. The minimum atomic E-state index is -3.58. The van der Waals surface area contributed by atoms with Gasteiger partial charge in [0.25, 0.3) is 0 Å². The van der Waals surface area contributed by atoms with Gasteiger partial charge in [0.05, 0.1) is 22.6 Å². The molecule has 104 valence electrons. The van der Waals surface area contributed by atoms with Crippen LogP contribution in [0.4, 0.5) is 0 Å². The lowest BCUT2D eigenvalue weighted by molar-refractivity contribution is 0.177. The van der Waals surface area contributed by atoms with Gasteiger partial charge in [0, 0.05) is 13.6 Å². The minimum Gasteiger partial charge on any atom is -0.393 e. The smallest absolute Gasteiger partial charge is 0.243 e. The van der Waals surface area contributed by atoms with Crippen molar-refractivity contribution in [1.82, 2.24) is 4.31 Å². The standard InChI is InChI=1S/C13H18N2O3S/c1-10-8-12(9-14)4-5-13(10)19(17,18)15(3)7-6-11(2)16/h4-5,8,11,16H,6-7H2,1-3H3. The first kappa shape index (κ1) is 15.6. The van der Waals surface area contributed by atoms with Crippen molar-refractivity contribution in [3.8, 4) is 6.07 Å². The predicted octanol–water partition coefficient (Wildman–Crippen LogP) is 1.26. The largest absolute Gasteiger partial charge is 0.393 e. The van der Waals surface area contributed by atoms with Gasteiger partial charge in [-0.15, -0.1) is 0 Å². The van der Waals surface area contributed by atoms with Gasteiger partial charge < -0.3 is 5.11 Å². The number of hydrogen-bond donors (Lipinski definition) is 1. The van der Waals surface area contributed by atoms with Crippen LogP contribution in [0.2, 0.25) is 0 Å². The molecule has 1 aromatic carbocycles. The quantitative estimate of drug-likeness (QED) is 0.881. The third kappa shape index (κ3) is 3.77. The maximum Gasteiger partial charge on any atom is 0.243 e. The van der Waals surface area contributed by atoms with E-state index in [2.05, 4.69) is 0 Å². The number of aryl methyl sites for hydroxylation is 1. The number of aliphatic hydroxyl groups excluding tert-OH is 1. The van der Waals surface area contributed by atoms with Gasteiger partial charge in [-0.3, -0.25) is 0 Å². The Labute approximate surface area is 114 Å². The molecule has 1 N–H and O–H groups in total. The summed E-state index contributed by atoms with van der Waals surface area (Å²) < 4.78 is 25.9. The van der Waals surface area contributed by atoms with Gasteiger partial charge in [0.1, 0.15) is 0 Å². The van der Waals surface area contributed by atoms with Crippen LogP contribution in [0.5, 0.6) is 0 Å². The van der Waals surface area contributed by atoms with Crippen LogP contribution >= 0.6 is 0 Å². The molecule has 0 saturated heterocycles. The summed E-state index contributed by atoms with van der Waals surface area (Å²) in [6.45, 7) is 3.53. The molecule has 0 saturated carbocycles. The number of hydrogen-bond acceptors (Lipinski definition) is 4. The van der Waals surface area contributed by atoms with Crippen LogP contribution < -0.4 is 0 Å². The van der Waals surface area contributed by atoms with Crippen LogP contribution in [0.1, 0.15) is 24.5 Å². The van der Waals surface area contributed by atoms with Crippen molar-refractivity contribution in [2.75, 3.05) is 13.6 Å². The molecule has 1 rings (SSSR count). The molecule has 19 heavy (non-hydrogen) atoms. The molecule has 5 nitrogen and oxygen atoms in total.